The van der Waals surface area contributed by atoms with Gasteiger partial charge < -0.3 is 5.11 Å². The van der Waals surface area contributed by atoms with Gasteiger partial charge in [-0.25, -0.2) is 5.10 Å². The number of rotatable bonds is 3. The molecule has 0 unspecified atom stereocenters. The van der Waals surface area contributed by atoms with E-state index < -0.39 is 0 Å². The zero-order valence-corrected chi connectivity index (χ0v) is 11.7. The summed E-state index contributed by atoms with van der Waals surface area (Å²) >= 11 is 5.18. The van der Waals surface area contributed by atoms with Crippen molar-refractivity contribution in [3.8, 4) is 17.1 Å². The molecular weight excluding hydrogens is 286 g/mol. The van der Waals surface area contributed by atoms with Crippen molar-refractivity contribution < 1.29 is 5.11 Å². The van der Waals surface area contributed by atoms with Crippen molar-refractivity contribution >= 4 is 18.4 Å². The van der Waals surface area contributed by atoms with Gasteiger partial charge in [-0.15, -0.1) is 0 Å². The normalized spacial score (nSPS) is 11.0. The number of H-pyrrole nitrogens is 1. The Morgan fingerprint density at radius 2 is 2.05 bits per heavy atom. The number of nitrogens with one attached hydrogen (secondary N) is 1. The highest BCUT2D eigenvalue weighted by molar-refractivity contribution is 7.71. The maximum absolute atomic E-state index is 9.26. The fourth-order valence-electron chi connectivity index (χ4n) is 1.77. The molecule has 0 aliphatic carbocycles. The molecule has 0 radical (unpaired) electrons. The van der Waals surface area contributed by atoms with Gasteiger partial charge in [-0.1, -0.05) is 0 Å². The lowest BCUT2D eigenvalue weighted by atomic mass is 10.2. The molecule has 0 atom stereocenters. The minimum absolute atomic E-state index is 0.211. The van der Waals surface area contributed by atoms with E-state index in [1.165, 1.54) is 4.68 Å². The highest BCUT2D eigenvalue weighted by atomic mass is 32.1. The van der Waals surface area contributed by atoms with Crippen LogP contribution in [0.25, 0.3) is 11.4 Å². The predicted molar refractivity (Wildman–Crippen MR) is 81.7 cm³/mol. The van der Waals surface area contributed by atoms with Crippen LogP contribution in [0.3, 0.4) is 0 Å². The lowest BCUT2D eigenvalue weighted by Gasteiger charge is -2.00. The lowest BCUT2D eigenvalue weighted by molar-refractivity contribution is 0.475. The molecule has 0 aliphatic heterocycles. The number of hydrogen-bond acceptors (Lipinski definition) is 5. The van der Waals surface area contributed by atoms with Crippen molar-refractivity contribution in [2.24, 2.45) is 5.10 Å². The molecule has 6 nitrogen and oxygen atoms in total. The Labute approximate surface area is 125 Å². The molecule has 0 amide bonds. The fourth-order valence-corrected chi connectivity index (χ4v) is 1.94. The smallest absolute Gasteiger partial charge is 0.216 e. The molecule has 7 heteroatoms. The molecule has 3 rings (SSSR count). The number of benzene rings is 1. The van der Waals surface area contributed by atoms with Gasteiger partial charge in [0.15, 0.2) is 5.82 Å². The molecule has 0 spiro atoms. The molecule has 0 aliphatic rings. The monoisotopic (exact) mass is 297 g/mol. The van der Waals surface area contributed by atoms with E-state index in [0.29, 0.717) is 10.6 Å². The van der Waals surface area contributed by atoms with E-state index in [9.17, 15) is 5.11 Å². The van der Waals surface area contributed by atoms with Crippen molar-refractivity contribution in [2.75, 3.05) is 0 Å². The van der Waals surface area contributed by atoms with Crippen LogP contribution in [-0.4, -0.2) is 31.2 Å². The number of hydrogen-bond donors (Lipinski definition) is 2. The zero-order valence-electron chi connectivity index (χ0n) is 10.8. The third-order valence-corrected chi connectivity index (χ3v) is 3.05. The Bertz CT molecular complexity index is 821. The molecule has 0 saturated heterocycles. The second-order valence-corrected chi connectivity index (χ2v) is 4.63. The van der Waals surface area contributed by atoms with Crippen LogP contribution in [0.5, 0.6) is 5.75 Å². The first-order valence-electron chi connectivity index (χ1n) is 6.15. The lowest BCUT2D eigenvalue weighted by Crippen LogP contribution is -1.95. The number of aromatic amines is 1. The summed E-state index contributed by atoms with van der Waals surface area (Å²) in [5, 5.41) is 20.5. The van der Waals surface area contributed by atoms with Crippen molar-refractivity contribution in [1.29, 1.82) is 0 Å². The number of phenols is 1. The van der Waals surface area contributed by atoms with E-state index in [1.807, 2.05) is 12.1 Å². The Kier molecular flexibility index (Phi) is 3.57. The summed E-state index contributed by atoms with van der Waals surface area (Å²) < 4.78 is 1.92. The highest BCUT2D eigenvalue weighted by Crippen LogP contribution is 2.15. The van der Waals surface area contributed by atoms with E-state index in [1.54, 1.807) is 42.9 Å². The fraction of sp³-hybridized carbons (Fsp3) is 0. The molecule has 21 heavy (non-hydrogen) atoms. The predicted octanol–water partition coefficient (Wildman–Crippen LogP) is 2.59. The Hall–Kier alpha value is -2.80. The first-order valence-corrected chi connectivity index (χ1v) is 6.56. The second kappa shape index (κ2) is 5.68. The zero-order chi connectivity index (χ0) is 14.7. The average molecular weight is 297 g/mol. The van der Waals surface area contributed by atoms with Gasteiger partial charge in [0.05, 0.1) is 6.21 Å². The molecule has 2 N–H and O–H groups in total. The number of nitrogens with zero attached hydrogens (tertiary/aromatic N) is 4. The van der Waals surface area contributed by atoms with Crippen LogP contribution in [-0.2, 0) is 0 Å². The molecule has 0 bridgehead atoms. The van der Waals surface area contributed by atoms with Gasteiger partial charge in [-0.2, -0.15) is 14.9 Å². The van der Waals surface area contributed by atoms with Crippen molar-refractivity contribution in [1.82, 2.24) is 19.9 Å². The minimum Gasteiger partial charge on any atom is -0.508 e. The van der Waals surface area contributed by atoms with Crippen LogP contribution in [0.1, 0.15) is 5.56 Å². The Morgan fingerprint density at radius 1 is 1.24 bits per heavy atom. The van der Waals surface area contributed by atoms with E-state index in [-0.39, 0.29) is 5.75 Å². The Morgan fingerprint density at radius 3 is 2.76 bits per heavy atom. The van der Waals surface area contributed by atoms with Gasteiger partial charge in [-0.3, -0.25) is 4.98 Å². The topological polar surface area (TPSA) is 79.1 Å². The number of pyridine rings is 1. The first-order chi connectivity index (χ1) is 10.2. The summed E-state index contributed by atoms with van der Waals surface area (Å²) in [7, 11) is 0. The SMILES string of the molecule is Oc1ccc(/C=N\n2c(-c3cccnc3)n[nH]c2=S)cc1. The maximum Gasteiger partial charge on any atom is 0.216 e. The van der Waals surface area contributed by atoms with Crippen molar-refractivity contribution in [3.05, 3.63) is 59.1 Å². The molecule has 2 heterocycles. The number of aromatic hydroxyl groups is 1. The summed E-state index contributed by atoms with van der Waals surface area (Å²) in [4.78, 5) is 4.06. The van der Waals surface area contributed by atoms with Crippen molar-refractivity contribution in [2.45, 2.75) is 0 Å². The van der Waals surface area contributed by atoms with Crippen LogP contribution in [0.4, 0.5) is 0 Å². The van der Waals surface area contributed by atoms with Gasteiger partial charge in [0, 0.05) is 18.0 Å². The largest absolute Gasteiger partial charge is 0.508 e. The maximum atomic E-state index is 9.26. The van der Waals surface area contributed by atoms with Crippen LogP contribution in [0.2, 0.25) is 0 Å². The summed E-state index contributed by atoms with van der Waals surface area (Å²) in [5.74, 6) is 0.797. The minimum atomic E-state index is 0.211. The average Bonchev–Trinajstić information content (AvgIpc) is 2.89. The molecule has 0 saturated carbocycles. The van der Waals surface area contributed by atoms with E-state index in [2.05, 4.69) is 20.3 Å². The van der Waals surface area contributed by atoms with Gasteiger partial charge in [0.25, 0.3) is 0 Å². The van der Waals surface area contributed by atoms with E-state index in [0.717, 1.165) is 11.1 Å². The molecule has 1 aromatic carbocycles. The van der Waals surface area contributed by atoms with Crippen LogP contribution in [0, 0.1) is 4.77 Å². The summed E-state index contributed by atoms with van der Waals surface area (Å²) in [6, 6.07) is 10.4. The van der Waals surface area contributed by atoms with E-state index in [4.69, 9.17) is 12.2 Å². The molecule has 2 aromatic heterocycles. The molecule has 104 valence electrons. The molecule has 0 fully saturated rings. The molecule has 3 aromatic rings. The van der Waals surface area contributed by atoms with Gasteiger partial charge >= 0.3 is 0 Å². The number of phenolic OH excluding ortho intramolecular Hbond substituents is 1. The van der Waals surface area contributed by atoms with Gasteiger partial charge in [0.2, 0.25) is 4.77 Å². The quantitative estimate of drug-likeness (QED) is 0.575. The highest BCUT2D eigenvalue weighted by Gasteiger charge is 2.07. The molecular formula is C14H11N5OS. The van der Waals surface area contributed by atoms with Crippen LogP contribution < -0.4 is 0 Å². The summed E-state index contributed by atoms with van der Waals surface area (Å²) in [6.07, 6.45) is 5.02. The number of aromatic nitrogens is 4. The third-order valence-electron chi connectivity index (χ3n) is 2.79. The summed E-state index contributed by atoms with van der Waals surface area (Å²) in [5.41, 5.74) is 1.65. The standard InChI is InChI=1S/C14H11N5OS/c20-12-5-3-10(4-6-12)8-16-19-13(17-18-14(19)21)11-2-1-7-15-9-11/h1-9,20H,(H,18,21)/b16-8-. The first kappa shape index (κ1) is 13.2. The summed E-state index contributed by atoms with van der Waals surface area (Å²) in [6.45, 7) is 0. The Balaban J connectivity index is 1.98. The van der Waals surface area contributed by atoms with Crippen LogP contribution >= 0.6 is 12.2 Å². The van der Waals surface area contributed by atoms with Crippen LogP contribution in [0.15, 0.2) is 53.9 Å². The van der Waals surface area contributed by atoms with Gasteiger partial charge in [-0.05, 0) is 54.2 Å². The van der Waals surface area contributed by atoms with Crippen molar-refractivity contribution in [3.63, 3.8) is 0 Å². The second-order valence-electron chi connectivity index (χ2n) is 4.24. The van der Waals surface area contributed by atoms with Gasteiger partial charge in [0.1, 0.15) is 5.75 Å². The van der Waals surface area contributed by atoms with E-state index >= 15 is 0 Å². The third kappa shape index (κ3) is 2.87.